The van der Waals surface area contributed by atoms with Crippen LogP contribution in [-0.2, 0) is 0 Å². The van der Waals surface area contributed by atoms with Crippen molar-refractivity contribution in [1.82, 2.24) is 9.73 Å². The fourth-order valence-corrected chi connectivity index (χ4v) is 4.81. The van der Waals surface area contributed by atoms with Gasteiger partial charge in [-0.05, 0) is 43.8 Å². The molecule has 114 valence electrons. The lowest BCUT2D eigenvalue weighted by Crippen LogP contribution is -2.37. The number of aliphatic imine (C=N–C) groups is 1. The van der Waals surface area contributed by atoms with E-state index in [1.54, 1.807) is 23.3 Å². The standard InChI is InChI=1S/C14H19ClN4S2/c1-2-16-13(18-21-12-6-5-11(15)20-12)19-10-14(9-17-19)7-3-4-8-14/h5-6,9H,2-4,7-8,10H2,1H3,(H,16,18). The van der Waals surface area contributed by atoms with Crippen molar-refractivity contribution < 1.29 is 0 Å². The summed E-state index contributed by atoms with van der Waals surface area (Å²) in [5.74, 6) is 0.840. The first-order valence-electron chi connectivity index (χ1n) is 7.26. The van der Waals surface area contributed by atoms with Crippen molar-refractivity contribution in [1.29, 1.82) is 0 Å². The first-order chi connectivity index (χ1) is 10.2. The van der Waals surface area contributed by atoms with E-state index in [-0.39, 0.29) is 5.41 Å². The molecule has 2 heterocycles. The Morgan fingerprint density at radius 1 is 1.52 bits per heavy atom. The highest BCUT2D eigenvalue weighted by Crippen LogP contribution is 2.40. The van der Waals surface area contributed by atoms with Gasteiger partial charge in [0.2, 0.25) is 5.96 Å². The summed E-state index contributed by atoms with van der Waals surface area (Å²) in [5.41, 5.74) is 0.285. The zero-order chi connectivity index (χ0) is 14.7. The Labute approximate surface area is 138 Å². The molecule has 21 heavy (non-hydrogen) atoms. The van der Waals surface area contributed by atoms with E-state index in [9.17, 15) is 0 Å². The van der Waals surface area contributed by atoms with Crippen molar-refractivity contribution in [3.05, 3.63) is 16.5 Å². The SMILES string of the molecule is CCN=C(NSc1ccc(Cl)s1)N1CC2(C=N1)CCCC2. The van der Waals surface area contributed by atoms with Gasteiger partial charge in [-0.15, -0.1) is 11.3 Å². The summed E-state index contributed by atoms with van der Waals surface area (Å²) in [5, 5.41) is 6.60. The number of thiophene rings is 1. The van der Waals surface area contributed by atoms with E-state index in [1.807, 2.05) is 24.1 Å². The highest BCUT2D eigenvalue weighted by atomic mass is 35.5. The second kappa shape index (κ2) is 6.58. The molecule has 2 aliphatic rings. The predicted molar refractivity (Wildman–Crippen MR) is 92.4 cm³/mol. The van der Waals surface area contributed by atoms with Gasteiger partial charge in [0.1, 0.15) is 0 Å². The van der Waals surface area contributed by atoms with E-state index in [0.717, 1.165) is 27.6 Å². The molecule has 1 aromatic rings. The van der Waals surface area contributed by atoms with Crippen molar-refractivity contribution in [3.8, 4) is 0 Å². The van der Waals surface area contributed by atoms with Crippen LogP contribution in [0, 0.1) is 5.41 Å². The lowest BCUT2D eigenvalue weighted by atomic mass is 9.88. The van der Waals surface area contributed by atoms with Gasteiger partial charge in [-0.2, -0.15) is 5.10 Å². The number of rotatable bonds is 3. The Morgan fingerprint density at radius 2 is 2.33 bits per heavy atom. The average molecular weight is 343 g/mol. The maximum absolute atomic E-state index is 5.96. The molecule has 1 fully saturated rings. The van der Waals surface area contributed by atoms with Gasteiger partial charge in [0.05, 0.1) is 15.1 Å². The van der Waals surface area contributed by atoms with Gasteiger partial charge in [-0.3, -0.25) is 9.71 Å². The van der Waals surface area contributed by atoms with Crippen LogP contribution in [0.4, 0.5) is 0 Å². The molecule has 1 aliphatic heterocycles. The molecule has 1 spiro atoms. The summed E-state index contributed by atoms with van der Waals surface area (Å²) in [6.07, 6.45) is 7.27. The summed E-state index contributed by atoms with van der Waals surface area (Å²) < 4.78 is 5.26. The van der Waals surface area contributed by atoms with Crippen LogP contribution >= 0.6 is 34.9 Å². The monoisotopic (exact) mass is 342 g/mol. The molecule has 0 radical (unpaired) electrons. The van der Waals surface area contributed by atoms with Crippen LogP contribution in [-0.4, -0.2) is 30.3 Å². The van der Waals surface area contributed by atoms with Crippen LogP contribution in [0.5, 0.6) is 0 Å². The van der Waals surface area contributed by atoms with Gasteiger partial charge in [-0.1, -0.05) is 24.4 Å². The number of nitrogens with one attached hydrogen (secondary N) is 1. The number of guanidine groups is 1. The van der Waals surface area contributed by atoms with Crippen molar-refractivity contribution in [3.63, 3.8) is 0 Å². The quantitative estimate of drug-likeness (QED) is 0.507. The number of hydrogen-bond acceptors (Lipinski definition) is 4. The fourth-order valence-electron chi connectivity index (χ4n) is 2.83. The number of halogens is 1. The third-order valence-electron chi connectivity index (χ3n) is 3.88. The molecule has 0 bridgehead atoms. The molecule has 1 aliphatic carbocycles. The second-order valence-corrected chi connectivity index (χ2v) is 8.25. The van der Waals surface area contributed by atoms with Gasteiger partial charge in [0, 0.05) is 18.2 Å². The van der Waals surface area contributed by atoms with Crippen LogP contribution < -0.4 is 4.72 Å². The lowest BCUT2D eigenvalue weighted by Gasteiger charge is -2.23. The van der Waals surface area contributed by atoms with Gasteiger partial charge >= 0.3 is 0 Å². The maximum Gasteiger partial charge on any atom is 0.225 e. The third kappa shape index (κ3) is 3.55. The third-order valence-corrected chi connectivity index (χ3v) is 6.03. The van der Waals surface area contributed by atoms with Gasteiger partial charge in [0.15, 0.2) is 0 Å². The zero-order valence-corrected chi connectivity index (χ0v) is 14.4. The molecular weight excluding hydrogens is 324 g/mol. The van der Waals surface area contributed by atoms with Crippen LogP contribution in [0.25, 0.3) is 0 Å². The molecular formula is C14H19ClN4S2. The molecule has 0 atom stereocenters. The summed E-state index contributed by atoms with van der Waals surface area (Å²) in [6.45, 7) is 3.73. The van der Waals surface area contributed by atoms with Crippen LogP contribution in [0.1, 0.15) is 32.6 Å². The smallest absolute Gasteiger partial charge is 0.225 e. The number of hydrogen-bond donors (Lipinski definition) is 1. The summed E-state index contributed by atoms with van der Waals surface area (Å²) in [7, 11) is 0. The van der Waals surface area contributed by atoms with E-state index >= 15 is 0 Å². The van der Waals surface area contributed by atoms with E-state index in [2.05, 4.69) is 21.0 Å². The van der Waals surface area contributed by atoms with Gasteiger partial charge in [-0.25, -0.2) is 5.01 Å². The van der Waals surface area contributed by atoms with E-state index in [4.69, 9.17) is 11.6 Å². The summed E-state index contributed by atoms with van der Waals surface area (Å²) in [6, 6.07) is 3.92. The van der Waals surface area contributed by atoms with Crippen LogP contribution in [0.2, 0.25) is 4.34 Å². The number of hydrazone groups is 1. The topological polar surface area (TPSA) is 40.0 Å². The Bertz CT molecular complexity index is 549. The van der Waals surface area contributed by atoms with E-state index in [0.29, 0.717) is 0 Å². The molecule has 1 saturated carbocycles. The second-order valence-electron chi connectivity index (χ2n) is 5.43. The van der Waals surface area contributed by atoms with Crippen molar-refractivity contribution in [2.75, 3.05) is 13.1 Å². The van der Waals surface area contributed by atoms with Gasteiger partial charge < -0.3 is 0 Å². The molecule has 7 heteroatoms. The van der Waals surface area contributed by atoms with Crippen molar-refractivity contribution >= 4 is 47.1 Å². The molecule has 0 aromatic carbocycles. The molecule has 1 aromatic heterocycles. The highest BCUT2D eigenvalue weighted by molar-refractivity contribution is 7.99. The Morgan fingerprint density at radius 3 is 3.00 bits per heavy atom. The Kier molecular flexibility index (Phi) is 4.76. The minimum absolute atomic E-state index is 0.285. The molecule has 1 N–H and O–H groups in total. The van der Waals surface area contributed by atoms with E-state index < -0.39 is 0 Å². The van der Waals surface area contributed by atoms with Crippen LogP contribution in [0.15, 0.2) is 26.4 Å². The summed E-state index contributed by atoms with van der Waals surface area (Å²) in [4.78, 5) is 4.55. The fraction of sp³-hybridized carbons (Fsp3) is 0.571. The maximum atomic E-state index is 5.96. The minimum atomic E-state index is 0.285. The first-order valence-corrected chi connectivity index (χ1v) is 9.27. The molecule has 0 amide bonds. The first kappa shape index (κ1) is 15.2. The molecule has 0 saturated heterocycles. The molecule has 0 unspecified atom stereocenters. The average Bonchev–Trinajstić information content (AvgIpc) is 3.19. The summed E-state index contributed by atoms with van der Waals surface area (Å²) >= 11 is 9.07. The molecule has 4 nitrogen and oxygen atoms in total. The Balaban J connectivity index is 1.63. The highest BCUT2D eigenvalue weighted by Gasteiger charge is 2.39. The van der Waals surface area contributed by atoms with Gasteiger partial charge in [0.25, 0.3) is 0 Å². The van der Waals surface area contributed by atoms with E-state index in [1.165, 1.54) is 25.7 Å². The molecule has 3 rings (SSSR count). The normalized spacial score (nSPS) is 20.7. The van der Waals surface area contributed by atoms with Crippen LogP contribution in [0.3, 0.4) is 0 Å². The van der Waals surface area contributed by atoms with Crippen molar-refractivity contribution in [2.24, 2.45) is 15.5 Å². The zero-order valence-electron chi connectivity index (χ0n) is 12.0. The van der Waals surface area contributed by atoms with Crippen molar-refractivity contribution in [2.45, 2.75) is 36.8 Å². The number of nitrogens with zero attached hydrogens (tertiary/aromatic N) is 3. The Hall–Kier alpha value is -0.720. The largest absolute Gasteiger partial charge is 0.294 e. The lowest BCUT2D eigenvalue weighted by molar-refractivity contribution is 0.342. The predicted octanol–water partition coefficient (Wildman–Crippen LogP) is 4.24. The minimum Gasteiger partial charge on any atom is -0.294 e.